The molecule has 1 aromatic carbocycles. The minimum absolute atomic E-state index is 0.220. The second-order valence-electron chi connectivity index (χ2n) is 4.63. The third-order valence-electron chi connectivity index (χ3n) is 2.41. The smallest absolute Gasteiger partial charge is 0.232 e. The van der Waals surface area contributed by atoms with Crippen molar-refractivity contribution in [3.8, 4) is 0 Å². The molecule has 0 spiro atoms. The third kappa shape index (κ3) is 5.38. The number of halogens is 3. The predicted octanol–water partition coefficient (Wildman–Crippen LogP) is 2.23. The van der Waals surface area contributed by atoms with Crippen LogP contribution < -0.4 is 10.0 Å². The van der Waals surface area contributed by atoms with Crippen molar-refractivity contribution in [2.75, 3.05) is 17.0 Å². The van der Waals surface area contributed by atoms with Crippen LogP contribution in [0, 0.1) is 17.5 Å². The van der Waals surface area contributed by atoms with Crippen LogP contribution in [0.25, 0.3) is 0 Å². The van der Waals surface area contributed by atoms with Gasteiger partial charge in [0.25, 0.3) is 0 Å². The van der Waals surface area contributed by atoms with Crippen molar-refractivity contribution >= 4 is 15.7 Å². The molecule has 1 aromatic rings. The average Bonchev–Trinajstić information content (AvgIpc) is 2.29. The van der Waals surface area contributed by atoms with Crippen LogP contribution in [0.4, 0.5) is 18.9 Å². The lowest BCUT2D eigenvalue weighted by Gasteiger charge is -2.11. The van der Waals surface area contributed by atoms with Crippen LogP contribution in [0.1, 0.15) is 20.3 Å². The summed E-state index contributed by atoms with van der Waals surface area (Å²) < 4.78 is 64.5. The third-order valence-corrected chi connectivity index (χ3v) is 3.75. The minimum Gasteiger partial charge on any atom is -0.314 e. The number of sulfonamides is 1. The van der Waals surface area contributed by atoms with E-state index in [1.54, 1.807) is 4.72 Å². The van der Waals surface area contributed by atoms with E-state index < -0.39 is 33.2 Å². The summed E-state index contributed by atoms with van der Waals surface area (Å²) in [5.41, 5.74) is -0.858. The average molecular weight is 310 g/mol. The van der Waals surface area contributed by atoms with Crippen LogP contribution in [0.5, 0.6) is 0 Å². The molecule has 0 saturated heterocycles. The quantitative estimate of drug-likeness (QED) is 0.759. The van der Waals surface area contributed by atoms with Crippen LogP contribution in [0.2, 0.25) is 0 Å². The summed E-state index contributed by atoms with van der Waals surface area (Å²) in [5, 5.41) is 3.02. The van der Waals surface area contributed by atoms with Gasteiger partial charge < -0.3 is 5.32 Å². The molecular formula is C12H17F3N2O2S. The second-order valence-corrected chi connectivity index (χ2v) is 6.47. The molecule has 0 radical (unpaired) electrons. The van der Waals surface area contributed by atoms with Gasteiger partial charge >= 0.3 is 0 Å². The van der Waals surface area contributed by atoms with E-state index in [1.165, 1.54) is 0 Å². The minimum atomic E-state index is -3.88. The molecule has 4 nitrogen and oxygen atoms in total. The Morgan fingerprint density at radius 1 is 1.15 bits per heavy atom. The lowest BCUT2D eigenvalue weighted by Crippen LogP contribution is -2.27. The number of nitrogens with one attached hydrogen (secondary N) is 2. The molecule has 0 unspecified atom stereocenters. The first kappa shape index (κ1) is 16.8. The first-order chi connectivity index (χ1) is 9.21. The maximum absolute atomic E-state index is 13.3. The number of hydrogen-bond donors (Lipinski definition) is 2. The molecule has 8 heteroatoms. The van der Waals surface area contributed by atoms with E-state index in [0.717, 1.165) is 0 Å². The fourth-order valence-electron chi connectivity index (χ4n) is 1.50. The summed E-state index contributed by atoms with van der Waals surface area (Å²) in [6.45, 7) is 4.29. The van der Waals surface area contributed by atoms with E-state index in [0.29, 0.717) is 18.7 Å². The molecule has 1 rings (SSSR count). The topological polar surface area (TPSA) is 58.2 Å². The molecular weight excluding hydrogens is 293 g/mol. The van der Waals surface area contributed by atoms with Crippen molar-refractivity contribution in [1.82, 2.24) is 5.32 Å². The lowest BCUT2D eigenvalue weighted by molar-refractivity contribution is 0.546. The molecule has 0 aliphatic rings. The van der Waals surface area contributed by atoms with Crippen LogP contribution >= 0.6 is 0 Å². The van der Waals surface area contributed by atoms with Gasteiger partial charge in [0.05, 0.1) is 5.75 Å². The van der Waals surface area contributed by atoms with Gasteiger partial charge in [-0.15, -0.1) is 0 Å². The van der Waals surface area contributed by atoms with Crippen LogP contribution in [0.3, 0.4) is 0 Å². The van der Waals surface area contributed by atoms with Gasteiger partial charge in [0.15, 0.2) is 11.6 Å². The Kier molecular flexibility index (Phi) is 5.82. The van der Waals surface area contributed by atoms with Crippen LogP contribution in [-0.2, 0) is 10.0 Å². The van der Waals surface area contributed by atoms with E-state index in [2.05, 4.69) is 5.32 Å². The van der Waals surface area contributed by atoms with Crippen molar-refractivity contribution < 1.29 is 21.6 Å². The molecule has 20 heavy (non-hydrogen) atoms. The SMILES string of the molecule is CC(C)NCCCS(=O)(=O)Nc1c(F)cc(F)cc1F. The molecule has 0 atom stereocenters. The zero-order valence-corrected chi connectivity index (χ0v) is 12.0. The Labute approximate surface area is 116 Å². The number of rotatable bonds is 7. The molecule has 0 fully saturated rings. The Bertz CT molecular complexity index is 539. The van der Waals surface area contributed by atoms with E-state index in [4.69, 9.17) is 0 Å². The van der Waals surface area contributed by atoms with Gasteiger partial charge in [-0.05, 0) is 13.0 Å². The first-order valence-electron chi connectivity index (χ1n) is 6.09. The fraction of sp³-hybridized carbons (Fsp3) is 0.500. The summed E-state index contributed by atoms with van der Waals surface area (Å²) in [6.07, 6.45) is 0.290. The van der Waals surface area contributed by atoms with Crippen molar-refractivity contribution in [1.29, 1.82) is 0 Å². The molecule has 0 amide bonds. The van der Waals surface area contributed by atoms with Crippen molar-refractivity contribution in [2.24, 2.45) is 0 Å². The van der Waals surface area contributed by atoms with Crippen LogP contribution in [0.15, 0.2) is 12.1 Å². The lowest BCUT2D eigenvalue weighted by atomic mass is 10.3. The highest BCUT2D eigenvalue weighted by molar-refractivity contribution is 7.92. The van der Waals surface area contributed by atoms with Gasteiger partial charge in [-0.1, -0.05) is 13.8 Å². The van der Waals surface area contributed by atoms with Crippen LogP contribution in [-0.4, -0.2) is 26.8 Å². The molecule has 0 aromatic heterocycles. The highest BCUT2D eigenvalue weighted by atomic mass is 32.2. The second kappa shape index (κ2) is 6.94. The van der Waals surface area contributed by atoms with Gasteiger partial charge in [0.2, 0.25) is 10.0 Å². The summed E-state index contributed by atoms with van der Waals surface area (Å²) in [4.78, 5) is 0. The van der Waals surface area contributed by atoms with Crippen molar-refractivity contribution in [3.05, 3.63) is 29.6 Å². The molecule has 0 heterocycles. The monoisotopic (exact) mass is 310 g/mol. The Morgan fingerprint density at radius 2 is 1.70 bits per heavy atom. The summed E-state index contributed by atoms with van der Waals surface area (Å²) in [6, 6.07) is 1.06. The zero-order chi connectivity index (χ0) is 15.3. The summed E-state index contributed by atoms with van der Waals surface area (Å²) in [7, 11) is -3.88. The highest BCUT2D eigenvalue weighted by Gasteiger charge is 2.18. The highest BCUT2D eigenvalue weighted by Crippen LogP contribution is 2.21. The normalized spacial score (nSPS) is 11.9. The Balaban J connectivity index is 2.67. The van der Waals surface area contributed by atoms with Gasteiger partial charge in [0, 0.05) is 18.2 Å². The van der Waals surface area contributed by atoms with Crippen molar-refractivity contribution in [2.45, 2.75) is 26.3 Å². The predicted molar refractivity (Wildman–Crippen MR) is 71.5 cm³/mol. The molecule has 0 saturated carbocycles. The largest absolute Gasteiger partial charge is 0.314 e. The standard InChI is InChI=1S/C12H17F3N2O2S/c1-8(2)16-4-3-5-20(18,19)17-12-10(14)6-9(13)7-11(12)15/h6-8,16-17H,3-5H2,1-2H3. The van der Waals surface area contributed by atoms with Gasteiger partial charge in [0.1, 0.15) is 11.5 Å². The molecule has 2 N–H and O–H groups in total. The summed E-state index contributed by atoms with van der Waals surface area (Å²) >= 11 is 0. The van der Waals surface area contributed by atoms with Gasteiger partial charge in [-0.3, -0.25) is 4.72 Å². The van der Waals surface area contributed by atoms with Crippen molar-refractivity contribution in [3.63, 3.8) is 0 Å². The van der Waals surface area contributed by atoms with E-state index >= 15 is 0 Å². The zero-order valence-electron chi connectivity index (χ0n) is 11.2. The molecule has 0 bridgehead atoms. The van der Waals surface area contributed by atoms with Gasteiger partial charge in [-0.25, -0.2) is 21.6 Å². The number of hydrogen-bond acceptors (Lipinski definition) is 3. The summed E-state index contributed by atoms with van der Waals surface area (Å²) in [5.74, 6) is -3.97. The van der Waals surface area contributed by atoms with E-state index in [-0.39, 0.29) is 18.2 Å². The van der Waals surface area contributed by atoms with E-state index in [1.807, 2.05) is 13.8 Å². The molecule has 114 valence electrons. The fourth-order valence-corrected chi connectivity index (χ4v) is 2.63. The Morgan fingerprint density at radius 3 is 2.20 bits per heavy atom. The number of benzene rings is 1. The Hall–Kier alpha value is -1.28. The number of anilines is 1. The van der Waals surface area contributed by atoms with Gasteiger partial charge in [-0.2, -0.15) is 0 Å². The van der Waals surface area contributed by atoms with E-state index in [9.17, 15) is 21.6 Å². The molecule has 0 aliphatic heterocycles. The maximum Gasteiger partial charge on any atom is 0.232 e. The maximum atomic E-state index is 13.3. The molecule has 0 aliphatic carbocycles. The first-order valence-corrected chi connectivity index (χ1v) is 7.75.